The normalized spacial score (nSPS) is 11.0. The highest BCUT2D eigenvalue weighted by atomic mass is 32.1. The number of thiophene rings is 1. The van der Waals surface area contributed by atoms with Crippen LogP contribution in [-0.2, 0) is 17.8 Å². The number of methoxy groups -OCH3 is 2. The van der Waals surface area contributed by atoms with E-state index in [4.69, 9.17) is 9.47 Å². The van der Waals surface area contributed by atoms with E-state index in [0.717, 1.165) is 21.3 Å². The molecule has 0 aliphatic heterocycles. The molecule has 2 heterocycles. The van der Waals surface area contributed by atoms with Crippen molar-refractivity contribution in [2.24, 2.45) is 0 Å². The molecule has 9 heteroatoms. The van der Waals surface area contributed by atoms with Gasteiger partial charge in [0.1, 0.15) is 11.2 Å². The lowest BCUT2D eigenvalue weighted by Crippen LogP contribution is -2.41. The maximum absolute atomic E-state index is 13.4. The quantitative estimate of drug-likeness (QED) is 0.407. The summed E-state index contributed by atoms with van der Waals surface area (Å²) in [5.74, 6) is 0.944. The Labute approximate surface area is 206 Å². The number of aromatic nitrogens is 2. The van der Waals surface area contributed by atoms with E-state index in [1.807, 2.05) is 44.2 Å². The molecule has 0 bridgehead atoms. The Hall–Kier alpha value is -3.85. The van der Waals surface area contributed by atoms with Crippen molar-refractivity contribution in [2.45, 2.75) is 26.8 Å². The summed E-state index contributed by atoms with van der Waals surface area (Å²) < 4.78 is 13.5. The summed E-state index contributed by atoms with van der Waals surface area (Å²) in [4.78, 5) is 39.3. The molecule has 0 saturated carbocycles. The minimum absolute atomic E-state index is 0.191. The number of hydrogen-bond acceptors (Lipinski definition) is 6. The van der Waals surface area contributed by atoms with Crippen molar-refractivity contribution in [3.63, 3.8) is 0 Å². The van der Waals surface area contributed by atoms with Gasteiger partial charge in [0.05, 0.1) is 25.4 Å². The Morgan fingerprint density at radius 1 is 0.971 bits per heavy atom. The van der Waals surface area contributed by atoms with Crippen LogP contribution < -0.4 is 26.0 Å². The smallest absolute Gasteiger partial charge is 0.336 e. The number of nitrogens with one attached hydrogen (secondary N) is 1. The summed E-state index contributed by atoms with van der Waals surface area (Å²) in [6.07, 6.45) is 0.580. The molecule has 0 atom stereocenters. The maximum atomic E-state index is 13.4. The number of rotatable bonds is 8. The van der Waals surface area contributed by atoms with Crippen LogP contribution in [0.2, 0.25) is 0 Å². The highest BCUT2D eigenvalue weighted by molar-refractivity contribution is 7.17. The van der Waals surface area contributed by atoms with E-state index in [1.165, 1.54) is 15.9 Å². The second-order valence-electron chi connectivity index (χ2n) is 8.20. The van der Waals surface area contributed by atoms with Gasteiger partial charge in [0, 0.05) is 6.54 Å². The fraction of sp³-hybridized carbons (Fsp3) is 0.269. The van der Waals surface area contributed by atoms with E-state index in [9.17, 15) is 14.4 Å². The molecule has 35 heavy (non-hydrogen) atoms. The van der Waals surface area contributed by atoms with E-state index in [-0.39, 0.29) is 18.0 Å². The first-order valence-electron chi connectivity index (χ1n) is 11.1. The lowest BCUT2D eigenvalue weighted by atomic mass is 10.1. The fourth-order valence-corrected chi connectivity index (χ4v) is 4.74. The standard InChI is InChI=1S/C26H27N3O5S/c1-16-5-7-19(13-17(16)2)29-25(31)24-20(10-12-35-24)28(26(29)32)15-23(30)27-11-9-18-6-8-21(33-3)22(14-18)34-4/h5-8,10,12-14H,9,11,15H2,1-4H3,(H,27,30). The molecule has 0 spiro atoms. The number of carbonyl (C=O) groups excluding carboxylic acids is 1. The van der Waals surface area contributed by atoms with Gasteiger partial charge in [0.2, 0.25) is 5.91 Å². The van der Waals surface area contributed by atoms with Crippen molar-refractivity contribution in [1.29, 1.82) is 0 Å². The van der Waals surface area contributed by atoms with Gasteiger partial charge in [-0.25, -0.2) is 9.36 Å². The Morgan fingerprint density at radius 3 is 2.46 bits per heavy atom. The van der Waals surface area contributed by atoms with Gasteiger partial charge >= 0.3 is 5.69 Å². The summed E-state index contributed by atoms with van der Waals surface area (Å²) in [7, 11) is 3.15. The van der Waals surface area contributed by atoms with Crippen LogP contribution in [0.25, 0.3) is 15.9 Å². The molecule has 0 fully saturated rings. The lowest BCUT2D eigenvalue weighted by molar-refractivity contribution is -0.121. The zero-order chi connectivity index (χ0) is 25.1. The Balaban J connectivity index is 1.57. The van der Waals surface area contributed by atoms with E-state index in [0.29, 0.717) is 40.4 Å². The molecule has 0 saturated heterocycles. The Bertz CT molecular complexity index is 1520. The second-order valence-corrected chi connectivity index (χ2v) is 9.12. The fourth-order valence-electron chi connectivity index (χ4n) is 3.91. The number of benzene rings is 2. The molecule has 0 aliphatic carbocycles. The van der Waals surface area contributed by atoms with Crippen molar-refractivity contribution in [3.05, 3.63) is 85.4 Å². The number of aryl methyl sites for hydroxylation is 2. The molecular weight excluding hydrogens is 466 g/mol. The van der Waals surface area contributed by atoms with Crippen molar-refractivity contribution in [3.8, 4) is 17.2 Å². The average molecular weight is 494 g/mol. The first kappa shape index (κ1) is 24.3. The van der Waals surface area contributed by atoms with Crippen LogP contribution in [0, 0.1) is 13.8 Å². The van der Waals surface area contributed by atoms with Crippen LogP contribution in [0.15, 0.2) is 57.4 Å². The van der Waals surface area contributed by atoms with Gasteiger partial charge in [-0.1, -0.05) is 12.1 Å². The van der Waals surface area contributed by atoms with Crippen LogP contribution in [0.5, 0.6) is 11.5 Å². The van der Waals surface area contributed by atoms with Crippen molar-refractivity contribution >= 4 is 27.5 Å². The Kier molecular flexibility index (Phi) is 7.07. The van der Waals surface area contributed by atoms with Crippen LogP contribution in [0.1, 0.15) is 16.7 Å². The van der Waals surface area contributed by atoms with Gasteiger partial charge in [0.25, 0.3) is 5.56 Å². The molecule has 1 amide bonds. The SMILES string of the molecule is COc1ccc(CCNC(=O)Cn2c(=O)n(-c3ccc(C)c(C)c3)c(=O)c3sccc32)cc1OC. The molecule has 4 aromatic rings. The molecule has 182 valence electrons. The third-order valence-electron chi connectivity index (χ3n) is 5.99. The summed E-state index contributed by atoms with van der Waals surface area (Å²) in [6, 6.07) is 12.7. The maximum Gasteiger partial charge on any atom is 0.336 e. The number of amides is 1. The first-order chi connectivity index (χ1) is 16.8. The molecule has 0 unspecified atom stereocenters. The number of carbonyl (C=O) groups is 1. The number of hydrogen-bond donors (Lipinski definition) is 1. The largest absolute Gasteiger partial charge is 0.493 e. The van der Waals surface area contributed by atoms with Crippen LogP contribution >= 0.6 is 11.3 Å². The van der Waals surface area contributed by atoms with Crippen molar-refractivity contribution < 1.29 is 14.3 Å². The van der Waals surface area contributed by atoms with Crippen LogP contribution in [0.3, 0.4) is 0 Å². The topological polar surface area (TPSA) is 91.6 Å². The van der Waals surface area contributed by atoms with Gasteiger partial charge in [-0.05, 0) is 72.7 Å². The highest BCUT2D eigenvalue weighted by Gasteiger charge is 2.18. The zero-order valence-corrected chi connectivity index (χ0v) is 20.9. The van der Waals surface area contributed by atoms with Gasteiger partial charge in [-0.15, -0.1) is 11.3 Å². The number of nitrogens with zero attached hydrogens (tertiary/aromatic N) is 2. The highest BCUT2D eigenvalue weighted by Crippen LogP contribution is 2.27. The molecule has 4 rings (SSSR count). The predicted octanol–water partition coefficient (Wildman–Crippen LogP) is 3.21. The number of fused-ring (bicyclic) bond motifs is 1. The van der Waals surface area contributed by atoms with E-state index < -0.39 is 5.69 Å². The third kappa shape index (κ3) is 4.85. The summed E-state index contributed by atoms with van der Waals surface area (Å²) >= 11 is 1.25. The summed E-state index contributed by atoms with van der Waals surface area (Å²) in [5, 5.41) is 4.62. The van der Waals surface area contributed by atoms with E-state index in [1.54, 1.807) is 31.7 Å². The van der Waals surface area contributed by atoms with Crippen LogP contribution in [-0.4, -0.2) is 35.8 Å². The first-order valence-corrected chi connectivity index (χ1v) is 12.0. The van der Waals surface area contributed by atoms with E-state index in [2.05, 4.69) is 5.32 Å². The van der Waals surface area contributed by atoms with Gasteiger partial charge < -0.3 is 14.8 Å². The monoisotopic (exact) mass is 493 g/mol. The molecule has 1 N–H and O–H groups in total. The molecule has 2 aromatic heterocycles. The number of ether oxygens (including phenoxy) is 2. The zero-order valence-electron chi connectivity index (χ0n) is 20.1. The minimum Gasteiger partial charge on any atom is -0.493 e. The molecule has 0 aliphatic rings. The minimum atomic E-state index is -0.542. The van der Waals surface area contributed by atoms with Gasteiger partial charge in [-0.3, -0.25) is 14.2 Å². The third-order valence-corrected chi connectivity index (χ3v) is 6.88. The predicted molar refractivity (Wildman–Crippen MR) is 137 cm³/mol. The van der Waals surface area contributed by atoms with E-state index >= 15 is 0 Å². The second kappa shape index (κ2) is 10.2. The molecule has 8 nitrogen and oxygen atoms in total. The summed E-state index contributed by atoms with van der Waals surface area (Å²) in [5.41, 5.74) is 3.03. The lowest BCUT2D eigenvalue weighted by Gasteiger charge is -2.13. The van der Waals surface area contributed by atoms with Crippen molar-refractivity contribution in [2.75, 3.05) is 20.8 Å². The van der Waals surface area contributed by atoms with Gasteiger partial charge in [-0.2, -0.15) is 0 Å². The average Bonchev–Trinajstić information content (AvgIpc) is 3.34. The van der Waals surface area contributed by atoms with Crippen LogP contribution in [0.4, 0.5) is 0 Å². The van der Waals surface area contributed by atoms with Crippen molar-refractivity contribution in [1.82, 2.24) is 14.5 Å². The molecular formula is C26H27N3O5S. The summed E-state index contributed by atoms with van der Waals surface area (Å²) in [6.45, 7) is 4.09. The molecule has 2 aromatic carbocycles. The molecule has 0 radical (unpaired) electrons. The Morgan fingerprint density at radius 2 is 1.74 bits per heavy atom. The van der Waals surface area contributed by atoms with Gasteiger partial charge in [0.15, 0.2) is 11.5 Å².